The zero-order valence-corrected chi connectivity index (χ0v) is 11.5. The maximum Gasteiger partial charge on any atom is 0.257 e. The van der Waals surface area contributed by atoms with Crippen LogP contribution in [-0.2, 0) is 4.74 Å². The van der Waals surface area contributed by atoms with Gasteiger partial charge in [0.1, 0.15) is 5.15 Å². The first-order chi connectivity index (χ1) is 9.11. The second-order valence-corrected chi connectivity index (χ2v) is 4.76. The lowest BCUT2D eigenvalue weighted by Gasteiger charge is -2.26. The van der Waals surface area contributed by atoms with Gasteiger partial charge < -0.3 is 15.4 Å². The van der Waals surface area contributed by atoms with E-state index < -0.39 is 0 Å². The van der Waals surface area contributed by atoms with Gasteiger partial charge in [-0.3, -0.25) is 4.79 Å². The van der Waals surface area contributed by atoms with Gasteiger partial charge in [0.25, 0.3) is 5.91 Å². The van der Waals surface area contributed by atoms with Crippen LogP contribution in [0.3, 0.4) is 0 Å². The predicted molar refractivity (Wildman–Crippen MR) is 74.1 cm³/mol. The molecule has 0 aromatic carbocycles. The summed E-state index contributed by atoms with van der Waals surface area (Å²) in [6.07, 6.45) is 4.26. The molecule has 19 heavy (non-hydrogen) atoms. The molecule has 1 aromatic heterocycles. The van der Waals surface area contributed by atoms with Crippen LogP contribution in [0.4, 0.5) is 5.69 Å². The summed E-state index contributed by atoms with van der Waals surface area (Å²) in [7, 11) is 1.66. The monoisotopic (exact) mass is 281 g/mol. The van der Waals surface area contributed by atoms with Gasteiger partial charge >= 0.3 is 0 Å². The number of nitrogen functional groups attached to an aromatic ring is 1. The molecular weight excluding hydrogens is 266 g/mol. The van der Waals surface area contributed by atoms with Gasteiger partial charge in [-0.15, -0.1) is 0 Å². The predicted octanol–water partition coefficient (Wildman–Crippen LogP) is 1.74. The first kappa shape index (κ1) is 13.8. The first-order valence-electron chi connectivity index (χ1n) is 5.99. The van der Waals surface area contributed by atoms with Crippen LogP contribution in [-0.4, -0.2) is 42.6 Å². The van der Waals surface area contributed by atoms with Crippen LogP contribution in [0.25, 0.3) is 0 Å². The average Bonchev–Trinajstić information content (AvgIpc) is 2.42. The van der Waals surface area contributed by atoms with Crippen molar-refractivity contribution >= 4 is 23.2 Å². The molecule has 0 saturated carbocycles. The van der Waals surface area contributed by atoms with Crippen molar-refractivity contribution in [2.24, 2.45) is 0 Å². The largest absolute Gasteiger partial charge is 0.397 e. The summed E-state index contributed by atoms with van der Waals surface area (Å²) in [4.78, 5) is 17.9. The normalized spacial score (nSPS) is 15.3. The van der Waals surface area contributed by atoms with Gasteiger partial charge in [-0.25, -0.2) is 4.98 Å². The number of halogens is 1. The van der Waals surface area contributed by atoms with Crippen molar-refractivity contribution in [2.45, 2.75) is 6.42 Å². The van der Waals surface area contributed by atoms with E-state index in [4.69, 9.17) is 22.1 Å². The molecule has 2 rings (SSSR count). The third-order valence-electron chi connectivity index (χ3n) is 3.01. The molecule has 0 fully saturated rings. The number of ether oxygens (including phenoxy) is 1. The Labute approximate surface area is 117 Å². The highest BCUT2D eigenvalue weighted by atomic mass is 35.5. The minimum atomic E-state index is -0.141. The van der Waals surface area contributed by atoms with E-state index in [0.717, 1.165) is 6.42 Å². The number of rotatable bonds is 3. The summed E-state index contributed by atoms with van der Waals surface area (Å²) in [5.74, 6) is -0.141. The van der Waals surface area contributed by atoms with Gasteiger partial charge in [0.15, 0.2) is 0 Å². The van der Waals surface area contributed by atoms with Crippen molar-refractivity contribution in [1.29, 1.82) is 0 Å². The lowest BCUT2D eigenvalue weighted by Crippen LogP contribution is -2.35. The Morgan fingerprint density at radius 2 is 2.42 bits per heavy atom. The van der Waals surface area contributed by atoms with E-state index in [0.29, 0.717) is 30.9 Å². The van der Waals surface area contributed by atoms with E-state index in [2.05, 4.69) is 4.98 Å². The highest BCUT2D eigenvalue weighted by Crippen LogP contribution is 2.20. The third-order valence-corrected chi connectivity index (χ3v) is 3.31. The molecule has 102 valence electrons. The fourth-order valence-electron chi connectivity index (χ4n) is 2.00. The Hall–Kier alpha value is -1.59. The molecule has 0 aliphatic carbocycles. The highest BCUT2D eigenvalue weighted by molar-refractivity contribution is 6.32. The number of aromatic nitrogens is 1. The fourth-order valence-corrected chi connectivity index (χ4v) is 2.18. The van der Waals surface area contributed by atoms with E-state index in [9.17, 15) is 4.79 Å². The van der Waals surface area contributed by atoms with E-state index in [-0.39, 0.29) is 11.1 Å². The van der Waals surface area contributed by atoms with Crippen molar-refractivity contribution in [3.8, 4) is 0 Å². The number of nitrogens with two attached hydrogens (primary N) is 1. The molecule has 1 amide bonds. The number of hydrogen-bond donors (Lipinski definition) is 1. The van der Waals surface area contributed by atoms with Crippen LogP contribution in [0.2, 0.25) is 5.15 Å². The molecule has 2 heterocycles. The van der Waals surface area contributed by atoms with E-state index >= 15 is 0 Å². The zero-order chi connectivity index (χ0) is 13.8. The smallest absolute Gasteiger partial charge is 0.257 e. The number of carbonyl (C=O) groups excluding carboxylic acids is 1. The van der Waals surface area contributed by atoms with Gasteiger partial charge in [-0.05, 0) is 18.1 Å². The van der Waals surface area contributed by atoms with Crippen molar-refractivity contribution in [3.63, 3.8) is 0 Å². The Balaban J connectivity index is 2.11. The van der Waals surface area contributed by atoms with Crippen molar-refractivity contribution < 1.29 is 9.53 Å². The second-order valence-electron chi connectivity index (χ2n) is 4.40. The first-order valence-corrected chi connectivity index (χ1v) is 6.36. The van der Waals surface area contributed by atoms with Crippen LogP contribution >= 0.6 is 11.6 Å². The molecule has 0 radical (unpaired) electrons. The maximum atomic E-state index is 12.3. The number of hydrogen-bond acceptors (Lipinski definition) is 4. The van der Waals surface area contributed by atoms with Gasteiger partial charge in [0, 0.05) is 20.2 Å². The molecule has 0 spiro atoms. The number of methoxy groups -OCH3 is 1. The lowest BCUT2D eigenvalue weighted by molar-refractivity contribution is 0.0764. The Kier molecular flexibility index (Phi) is 4.39. The van der Waals surface area contributed by atoms with Crippen LogP contribution < -0.4 is 5.73 Å². The third kappa shape index (κ3) is 3.24. The molecule has 5 nitrogen and oxygen atoms in total. The Morgan fingerprint density at radius 3 is 3.05 bits per heavy atom. The molecule has 0 unspecified atom stereocenters. The number of amides is 1. The molecule has 0 atom stereocenters. The molecular formula is C13H16ClN3O2. The SMILES string of the molecule is COCC1=CCN(C(=O)c2cc(N)cnc2Cl)CC1. The van der Waals surface area contributed by atoms with Gasteiger partial charge in [0.05, 0.1) is 24.1 Å². The number of carbonyl (C=O) groups is 1. The van der Waals surface area contributed by atoms with Gasteiger partial charge in [-0.1, -0.05) is 17.7 Å². The standard InChI is InChI=1S/C13H16ClN3O2/c1-19-8-9-2-4-17(5-3-9)13(18)11-6-10(15)7-16-12(11)14/h2,6-7H,3-5,8,15H2,1H3. The quantitative estimate of drug-likeness (QED) is 0.677. The van der Waals surface area contributed by atoms with Crippen molar-refractivity contribution in [2.75, 3.05) is 32.5 Å². The molecule has 1 aliphatic heterocycles. The topological polar surface area (TPSA) is 68.5 Å². The summed E-state index contributed by atoms with van der Waals surface area (Å²) < 4.78 is 5.08. The summed E-state index contributed by atoms with van der Waals surface area (Å²) >= 11 is 5.94. The van der Waals surface area contributed by atoms with Gasteiger partial charge in [-0.2, -0.15) is 0 Å². The number of nitrogens with zero attached hydrogens (tertiary/aromatic N) is 2. The number of pyridine rings is 1. The highest BCUT2D eigenvalue weighted by Gasteiger charge is 2.21. The van der Waals surface area contributed by atoms with E-state index in [1.807, 2.05) is 6.08 Å². The molecule has 6 heteroatoms. The van der Waals surface area contributed by atoms with Crippen molar-refractivity contribution in [1.82, 2.24) is 9.88 Å². The molecule has 1 aliphatic rings. The minimum Gasteiger partial charge on any atom is -0.397 e. The molecule has 0 bridgehead atoms. The Bertz CT molecular complexity index is 517. The summed E-state index contributed by atoms with van der Waals surface area (Å²) in [5, 5.41) is 0.186. The van der Waals surface area contributed by atoms with Crippen LogP contribution in [0.15, 0.2) is 23.9 Å². The van der Waals surface area contributed by atoms with Crippen LogP contribution in [0.5, 0.6) is 0 Å². The minimum absolute atomic E-state index is 0.141. The Morgan fingerprint density at radius 1 is 1.63 bits per heavy atom. The maximum absolute atomic E-state index is 12.3. The lowest BCUT2D eigenvalue weighted by atomic mass is 10.1. The van der Waals surface area contributed by atoms with Gasteiger partial charge in [0.2, 0.25) is 0 Å². The fraction of sp³-hybridized carbons (Fsp3) is 0.385. The molecule has 2 N–H and O–H groups in total. The summed E-state index contributed by atoms with van der Waals surface area (Å²) in [6, 6.07) is 1.56. The molecule has 1 aromatic rings. The number of anilines is 1. The van der Waals surface area contributed by atoms with Crippen LogP contribution in [0, 0.1) is 0 Å². The van der Waals surface area contributed by atoms with E-state index in [1.54, 1.807) is 18.1 Å². The molecule has 0 saturated heterocycles. The average molecular weight is 282 g/mol. The van der Waals surface area contributed by atoms with Crippen molar-refractivity contribution in [3.05, 3.63) is 34.6 Å². The second kappa shape index (κ2) is 6.04. The summed E-state index contributed by atoms with van der Waals surface area (Å²) in [6.45, 7) is 1.82. The van der Waals surface area contributed by atoms with E-state index in [1.165, 1.54) is 11.8 Å². The van der Waals surface area contributed by atoms with Crippen LogP contribution in [0.1, 0.15) is 16.8 Å². The zero-order valence-electron chi connectivity index (χ0n) is 10.7. The summed E-state index contributed by atoms with van der Waals surface area (Å²) in [5.41, 5.74) is 7.63.